The van der Waals surface area contributed by atoms with Crippen LogP contribution in [0.4, 0.5) is 0 Å². The van der Waals surface area contributed by atoms with E-state index in [1.54, 1.807) is 6.08 Å². The van der Waals surface area contributed by atoms with Gasteiger partial charge in [0.15, 0.2) is 5.78 Å². The summed E-state index contributed by atoms with van der Waals surface area (Å²) in [5.41, 5.74) is 0.345. The molecule has 3 heteroatoms. The zero-order chi connectivity index (χ0) is 14.9. The Morgan fingerprint density at radius 1 is 1.42 bits per heavy atom. The van der Waals surface area contributed by atoms with Gasteiger partial charge >= 0.3 is 0 Å². The van der Waals surface area contributed by atoms with Gasteiger partial charge in [0.25, 0.3) is 0 Å². The summed E-state index contributed by atoms with van der Waals surface area (Å²) in [7, 11) is 1.97. The Labute approximate surface area is 117 Å². The van der Waals surface area contributed by atoms with Crippen LogP contribution in [0, 0.1) is 0 Å². The molecule has 0 aromatic rings. The van der Waals surface area contributed by atoms with Gasteiger partial charge in [-0.2, -0.15) is 0 Å². The zero-order valence-corrected chi connectivity index (χ0v) is 12.9. The largest absolute Gasteiger partial charge is 0.374 e. The maximum atomic E-state index is 12.1. The molecule has 0 aromatic heterocycles. The van der Waals surface area contributed by atoms with Crippen molar-refractivity contribution in [3.63, 3.8) is 0 Å². The molecule has 0 atom stereocenters. The third kappa shape index (κ3) is 6.39. The highest BCUT2D eigenvalue weighted by molar-refractivity contribution is 5.86. The van der Waals surface area contributed by atoms with Crippen LogP contribution in [0.5, 0.6) is 0 Å². The minimum absolute atomic E-state index is 0.125. The molecule has 0 aliphatic rings. The van der Waals surface area contributed by atoms with Gasteiger partial charge in [-0.05, 0) is 39.8 Å². The lowest BCUT2D eigenvalue weighted by atomic mass is 10.0. The number of rotatable bonds is 9. The molecule has 19 heavy (non-hydrogen) atoms. The van der Waals surface area contributed by atoms with Crippen molar-refractivity contribution in [3.05, 3.63) is 36.6 Å². The highest BCUT2D eigenvalue weighted by atomic mass is 16.5. The van der Waals surface area contributed by atoms with Crippen molar-refractivity contribution in [2.75, 3.05) is 20.2 Å². The number of carbonyl (C=O) groups excluding carboxylic acids is 1. The number of likely N-dealkylation sites (N-methyl/N-ethyl adjacent to an activating group) is 1. The Bertz CT molecular complexity index is 354. The molecule has 0 bridgehead atoms. The van der Waals surface area contributed by atoms with Crippen molar-refractivity contribution >= 4 is 5.78 Å². The van der Waals surface area contributed by atoms with Gasteiger partial charge in [0, 0.05) is 32.3 Å². The van der Waals surface area contributed by atoms with E-state index in [0.717, 1.165) is 5.70 Å². The van der Waals surface area contributed by atoms with Crippen LogP contribution < -0.4 is 0 Å². The quantitative estimate of drug-likeness (QED) is 0.599. The number of ketones is 1. The van der Waals surface area contributed by atoms with Crippen molar-refractivity contribution < 1.29 is 9.53 Å². The fourth-order valence-electron chi connectivity index (χ4n) is 1.74. The summed E-state index contributed by atoms with van der Waals surface area (Å²) in [6.45, 7) is 12.4. The van der Waals surface area contributed by atoms with E-state index in [1.165, 1.54) is 0 Å². The maximum absolute atomic E-state index is 12.1. The first kappa shape index (κ1) is 17.6. The van der Waals surface area contributed by atoms with E-state index in [-0.39, 0.29) is 5.78 Å². The lowest BCUT2D eigenvalue weighted by Gasteiger charge is -2.25. The van der Waals surface area contributed by atoms with Crippen LogP contribution in [0.15, 0.2) is 36.6 Å². The lowest BCUT2D eigenvalue weighted by molar-refractivity contribution is -0.140. The molecule has 0 unspecified atom stereocenters. The van der Waals surface area contributed by atoms with Gasteiger partial charge in [-0.3, -0.25) is 4.79 Å². The lowest BCUT2D eigenvalue weighted by Crippen LogP contribution is -2.37. The third-order valence-corrected chi connectivity index (χ3v) is 2.92. The van der Waals surface area contributed by atoms with Crippen LogP contribution in [0.1, 0.15) is 34.1 Å². The molecule has 108 valence electrons. The van der Waals surface area contributed by atoms with Crippen molar-refractivity contribution in [3.8, 4) is 0 Å². The molecule has 0 radical (unpaired) electrons. The van der Waals surface area contributed by atoms with Crippen molar-refractivity contribution in [2.24, 2.45) is 0 Å². The number of Topliss-reactive ketones (excluding diaryl/α,β-unsaturated/α-hetero) is 1. The molecular weight excluding hydrogens is 238 g/mol. The molecular formula is C16H27NO2. The predicted molar refractivity (Wildman–Crippen MR) is 81.1 cm³/mol. The molecule has 0 amide bonds. The molecule has 0 saturated carbocycles. The summed E-state index contributed by atoms with van der Waals surface area (Å²) in [6.07, 6.45) is 8.11. The standard InChI is InChI=1S/C16H27NO2/c1-7-10-14(11-8-2)17(6)13-12-15(18)16(4,5)19-9-3/h7-8,10-11H,1,9,12-13H2,2-6H3/b11-8-,14-10+. The molecule has 0 fully saturated rings. The molecule has 0 aliphatic carbocycles. The van der Waals surface area contributed by atoms with Crippen molar-refractivity contribution in [1.82, 2.24) is 4.90 Å². The van der Waals surface area contributed by atoms with Gasteiger partial charge in [-0.25, -0.2) is 0 Å². The van der Waals surface area contributed by atoms with E-state index in [2.05, 4.69) is 6.58 Å². The molecule has 0 saturated heterocycles. The topological polar surface area (TPSA) is 29.5 Å². The van der Waals surface area contributed by atoms with Crippen molar-refractivity contribution in [1.29, 1.82) is 0 Å². The second-order valence-corrected chi connectivity index (χ2v) is 4.87. The monoisotopic (exact) mass is 265 g/mol. The first-order valence-electron chi connectivity index (χ1n) is 6.72. The fraction of sp³-hybridized carbons (Fsp3) is 0.562. The van der Waals surface area contributed by atoms with E-state index in [1.807, 2.05) is 57.9 Å². The van der Waals surface area contributed by atoms with Crippen LogP contribution in [0.25, 0.3) is 0 Å². The number of allylic oxidation sites excluding steroid dienone is 4. The van der Waals surface area contributed by atoms with Crippen LogP contribution in [0.3, 0.4) is 0 Å². The Morgan fingerprint density at radius 3 is 2.53 bits per heavy atom. The highest BCUT2D eigenvalue weighted by Crippen LogP contribution is 2.14. The average Bonchev–Trinajstić information content (AvgIpc) is 2.35. The normalized spacial score (nSPS) is 12.8. The maximum Gasteiger partial charge on any atom is 0.165 e. The SMILES string of the molecule is C=C/C=C(\C=C/C)N(C)CCC(=O)C(C)(C)OCC. The summed E-state index contributed by atoms with van der Waals surface area (Å²) in [5.74, 6) is 0.125. The zero-order valence-electron chi connectivity index (χ0n) is 12.9. The van der Waals surface area contributed by atoms with Gasteiger partial charge in [0.1, 0.15) is 5.60 Å². The summed E-state index contributed by atoms with van der Waals surface area (Å²) in [6, 6.07) is 0. The Kier molecular flexibility index (Phi) is 8.08. The van der Waals surface area contributed by atoms with Gasteiger partial charge in [-0.15, -0.1) is 0 Å². The summed E-state index contributed by atoms with van der Waals surface area (Å²) in [5, 5.41) is 0. The molecule has 0 aliphatic heterocycles. The molecule has 0 rings (SSSR count). The number of ether oxygens (including phenoxy) is 1. The first-order chi connectivity index (χ1) is 8.88. The van der Waals surface area contributed by atoms with Crippen LogP contribution in [-0.4, -0.2) is 36.5 Å². The molecule has 0 N–H and O–H groups in total. The van der Waals surface area contributed by atoms with E-state index >= 15 is 0 Å². The van der Waals surface area contributed by atoms with Crippen LogP contribution in [-0.2, 0) is 9.53 Å². The Balaban J connectivity index is 4.51. The fourth-order valence-corrected chi connectivity index (χ4v) is 1.74. The van der Waals surface area contributed by atoms with Gasteiger partial charge < -0.3 is 9.64 Å². The third-order valence-electron chi connectivity index (χ3n) is 2.92. The second kappa shape index (κ2) is 8.70. The second-order valence-electron chi connectivity index (χ2n) is 4.87. The van der Waals surface area contributed by atoms with E-state index in [0.29, 0.717) is 19.6 Å². The average molecular weight is 265 g/mol. The van der Waals surface area contributed by atoms with E-state index < -0.39 is 5.60 Å². The Morgan fingerprint density at radius 2 is 2.05 bits per heavy atom. The van der Waals surface area contributed by atoms with Crippen LogP contribution >= 0.6 is 0 Å². The minimum Gasteiger partial charge on any atom is -0.374 e. The van der Waals surface area contributed by atoms with Gasteiger partial charge in [-0.1, -0.05) is 18.7 Å². The highest BCUT2D eigenvalue weighted by Gasteiger charge is 2.27. The summed E-state index contributed by atoms with van der Waals surface area (Å²) in [4.78, 5) is 14.1. The number of nitrogens with zero attached hydrogens (tertiary/aromatic N) is 1. The number of hydrogen-bond acceptors (Lipinski definition) is 3. The molecule has 0 aromatic carbocycles. The smallest absolute Gasteiger partial charge is 0.165 e. The Hall–Kier alpha value is -1.35. The summed E-state index contributed by atoms with van der Waals surface area (Å²) < 4.78 is 5.47. The molecule has 0 spiro atoms. The number of carbonyl (C=O) groups is 1. The van der Waals surface area contributed by atoms with Gasteiger partial charge in [0.05, 0.1) is 0 Å². The van der Waals surface area contributed by atoms with Crippen LogP contribution in [0.2, 0.25) is 0 Å². The van der Waals surface area contributed by atoms with Crippen molar-refractivity contribution in [2.45, 2.75) is 39.7 Å². The number of hydrogen-bond donors (Lipinski definition) is 0. The predicted octanol–water partition coefficient (Wildman–Crippen LogP) is 3.34. The first-order valence-corrected chi connectivity index (χ1v) is 6.72. The molecule has 0 heterocycles. The minimum atomic E-state index is -0.696. The van der Waals surface area contributed by atoms with Gasteiger partial charge in [0.2, 0.25) is 0 Å². The molecule has 3 nitrogen and oxygen atoms in total. The van der Waals surface area contributed by atoms with E-state index in [4.69, 9.17) is 4.74 Å². The van der Waals surface area contributed by atoms with E-state index in [9.17, 15) is 4.79 Å². The summed E-state index contributed by atoms with van der Waals surface area (Å²) >= 11 is 0.